The zero-order valence-electron chi connectivity index (χ0n) is 48.7. The first-order chi connectivity index (χ1) is 41.3. The highest BCUT2D eigenvalue weighted by atomic mass is 15.2. The third-order valence-corrected chi connectivity index (χ3v) is 20.8. The van der Waals surface area contributed by atoms with Gasteiger partial charge in [-0.1, -0.05) is 209 Å². The van der Waals surface area contributed by atoms with Crippen LogP contribution in [-0.2, 0) is 10.8 Å². The Hall–Kier alpha value is -8.90. The summed E-state index contributed by atoms with van der Waals surface area (Å²) in [5.41, 5.74) is 29.2. The molecule has 0 heterocycles. The van der Waals surface area contributed by atoms with E-state index >= 15 is 0 Å². The second kappa shape index (κ2) is 19.9. The van der Waals surface area contributed by atoms with Crippen molar-refractivity contribution in [2.75, 3.05) is 9.80 Å². The molecule has 0 saturated heterocycles. The van der Waals surface area contributed by atoms with E-state index in [0.717, 1.165) is 41.7 Å². The molecule has 0 radical (unpaired) electrons. The van der Waals surface area contributed by atoms with Crippen LogP contribution >= 0.6 is 0 Å². The highest BCUT2D eigenvalue weighted by Gasteiger charge is 2.53. The maximum absolute atomic E-state index is 3.76. The maximum atomic E-state index is 3.76. The van der Waals surface area contributed by atoms with Crippen LogP contribution in [0, 0.1) is 41.4 Å². The molecule has 0 aliphatic heterocycles. The number of hydrogen-bond acceptors (Lipinski definition) is 2. The number of allylic oxidation sites excluding steroid dienone is 8. The number of nitrogens with zero attached hydrogens (tertiary/aromatic N) is 2. The highest BCUT2D eigenvalue weighted by Crippen LogP contribution is 2.66. The molecule has 9 aromatic carbocycles. The summed E-state index contributed by atoms with van der Waals surface area (Å²) in [5.74, 6) is 10.5. The number of anilines is 5. The second-order valence-electron chi connectivity index (χ2n) is 25.9. The van der Waals surface area contributed by atoms with Crippen molar-refractivity contribution in [3.8, 4) is 45.2 Å². The molecule has 2 heteroatoms. The Morgan fingerprint density at radius 2 is 1.00 bits per heavy atom. The summed E-state index contributed by atoms with van der Waals surface area (Å²) in [7, 11) is 0. The van der Waals surface area contributed by atoms with E-state index in [2.05, 4.69) is 286 Å². The molecular formula is C82H70N2. The Balaban J connectivity index is 1.02. The molecule has 0 aromatic heterocycles. The second-order valence-corrected chi connectivity index (χ2v) is 25.9. The average Bonchev–Trinajstić information content (AvgIpc) is 1.52. The van der Waals surface area contributed by atoms with Gasteiger partial charge in [0.2, 0.25) is 0 Å². The summed E-state index contributed by atoms with van der Waals surface area (Å²) in [6.07, 6.45) is 15.2. The van der Waals surface area contributed by atoms with E-state index < -0.39 is 5.41 Å². The van der Waals surface area contributed by atoms with E-state index in [9.17, 15) is 0 Å². The first-order valence-corrected chi connectivity index (χ1v) is 31.1. The number of fused-ring (bicyclic) bond motifs is 14. The number of benzene rings is 9. The van der Waals surface area contributed by atoms with Gasteiger partial charge in [0.15, 0.2) is 0 Å². The summed E-state index contributed by atoms with van der Waals surface area (Å²) < 4.78 is 0. The topological polar surface area (TPSA) is 6.48 Å². The molecule has 2 saturated carbocycles. The smallest absolute Gasteiger partial charge is 0.0727 e. The molecule has 9 aromatic rings. The average molecular weight is 1080 g/mol. The lowest BCUT2D eigenvalue weighted by Gasteiger charge is -2.47. The standard InChI is InChI=1S/C82H70N2/c1-53-44-55-46-54(2)80(57(45-53)47-55)66-38-19-9-18-34-62(66)71-50-70-65-37-22-25-41-75(65)82(77(70)52-79(71)84(60-32-16-8-17-33-60)61-42-43-73-68(48-61)63-35-20-23-39-72(63)81(73,3)4)74-40-24-21-36-64(74)69-49-67(56-26-10-5-11-27-56)78(51-76(69)82)83(58-28-12-6-13-29-58)59-30-14-7-15-31-59/h5-8,10-17,19-33,35-41,48-55,57,80H,34,42-47H2,1-4H3. The van der Waals surface area contributed by atoms with Crippen LogP contribution < -0.4 is 9.80 Å². The number of hydrogen-bond donors (Lipinski definition) is 0. The molecule has 1 spiro atoms. The summed E-state index contributed by atoms with van der Waals surface area (Å²) in [4.78, 5) is 5.20. The fourth-order valence-corrected chi connectivity index (χ4v) is 17.6. The van der Waals surface area contributed by atoms with Crippen molar-refractivity contribution in [3.63, 3.8) is 0 Å². The van der Waals surface area contributed by atoms with Crippen LogP contribution in [0.15, 0.2) is 253 Å². The van der Waals surface area contributed by atoms with E-state index in [4.69, 9.17) is 0 Å². The van der Waals surface area contributed by atoms with Gasteiger partial charge in [0, 0.05) is 45.7 Å². The molecule has 2 fully saturated rings. The Morgan fingerprint density at radius 3 is 1.63 bits per heavy atom. The summed E-state index contributed by atoms with van der Waals surface area (Å²) in [6, 6.07) is 82.9. The van der Waals surface area contributed by atoms with Gasteiger partial charge in [-0.15, -0.1) is 0 Å². The Morgan fingerprint density at radius 1 is 0.464 bits per heavy atom. The summed E-state index contributed by atoms with van der Waals surface area (Å²) >= 11 is 0. The zero-order valence-corrected chi connectivity index (χ0v) is 48.7. The lowest BCUT2D eigenvalue weighted by Crippen LogP contribution is -2.38. The monoisotopic (exact) mass is 1080 g/mol. The van der Waals surface area contributed by atoms with Crippen molar-refractivity contribution in [2.45, 2.75) is 83.5 Å². The van der Waals surface area contributed by atoms with Crippen molar-refractivity contribution in [3.05, 3.63) is 292 Å². The summed E-state index contributed by atoms with van der Waals surface area (Å²) in [5, 5.41) is 0. The van der Waals surface area contributed by atoms with Crippen molar-refractivity contribution >= 4 is 39.6 Å². The molecule has 6 unspecified atom stereocenters. The van der Waals surface area contributed by atoms with Gasteiger partial charge < -0.3 is 9.80 Å². The van der Waals surface area contributed by atoms with Gasteiger partial charge in [0.05, 0.1) is 16.8 Å². The van der Waals surface area contributed by atoms with Gasteiger partial charge >= 0.3 is 0 Å². The lowest BCUT2D eigenvalue weighted by molar-refractivity contribution is 0.0672. The van der Waals surface area contributed by atoms with Crippen LogP contribution in [0.4, 0.5) is 28.4 Å². The van der Waals surface area contributed by atoms with Crippen molar-refractivity contribution in [2.24, 2.45) is 29.6 Å². The Labute approximate surface area is 497 Å². The number of para-hydroxylation sites is 3. The van der Waals surface area contributed by atoms with Crippen molar-refractivity contribution < 1.29 is 0 Å². The van der Waals surface area contributed by atoms with Gasteiger partial charge in [-0.05, 0) is 219 Å². The normalized spacial score (nSPS) is 22.6. The van der Waals surface area contributed by atoms with Crippen molar-refractivity contribution in [1.82, 2.24) is 0 Å². The first kappa shape index (κ1) is 50.8. The number of rotatable bonds is 9. The van der Waals surface area contributed by atoms with E-state index in [1.165, 1.54) is 132 Å². The van der Waals surface area contributed by atoms with Gasteiger partial charge in [-0.25, -0.2) is 0 Å². The van der Waals surface area contributed by atoms with Gasteiger partial charge in [-0.3, -0.25) is 0 Å². The third kappa shape index (κ3) is 7.77. The first-order valence-electron chi connectivity index (χ1n) is 31.1. The molecule has 0 amide bonds. The molecule has 7 aliphatic rings. The Bertz CT molecular complexity index is 4270. The van der Waals surface area contributed by atoms with Crippen LogP contribution in [0.3, 0.4) is 0 Å². The van der Waals surface area contributed by atoms with E-state index in [0.29, 0.717) is 24.2 Å². The van der Waals surface area contributed by atoms with E-state index in [1.54, 1.807) is 5.57 Å². The third-order valence-electron chi connectivity index (χ3n) is 20.8. The highest BCUT2D eigenvalue weighted by molar-refractivity contribution is 6.02. The largest absolute Gasteiger partial charge is 0.314 e. The van der Waals surface area contributed by atoms with E-state index in [1.807, 2.05) is 0 Å². The fraction of sp³-hybridized carbons (Fsp3) is 0.220. The predicted octanol–water partition coefficient (Wildman–Crippen LogP) is 21.2. The zero-order chi connectivity index (χ0) is 56.3. The van der Waals surface area contributed by atoms with Crippen LogP contribution in [0.25, 0.3) is 44.5 Å². The van der Waals surface area contributed by atoms with Crippen molar-refractivity contribution in [1.29, 1.82) is 0 Å². The van der Waals surface area contributed by atoms with Crippen LogP contribution in [0.5, 0.6) is 0 Å². The molecule has 7 aliphatic carbocycles. The van der Waals surface area contributed by atoms with E-state index in [-0.39, 0.29) is 5.41 Å². The maximum Gasteiger partial charge on any atom is 0.0727 e. The molecule has 16 rings (SSSR count). The van der Waals surface area contributed by atoms with Crippen LogP contribution in [0.2, 0.25) is 0 Å². The predicted molar refractivity (Wildman–Crippen MR) is 351 cm³/mol. The Kier molecular flexibility index (Phi) is 12.0. The fourth-order valence-electron chi connectivity index (χ4n) is 17.6. The van der Waals surface area contributed by atoms with Crippen LogP contribution in [0.1, 0.15) is 112 Å². The molecule has 6 atom stereocenters. The van der Waals surface area contributed by atoms with Crippen LogP contribution in [-0.4, -0.2) is 0 Å². The molecular weight excluding hydrogens is 1010 g/mol. The molecule has 84 heavy (non-hydrogen) atoms. The SMILES string of the molecule is CC1CC2CC(C)C(C3=C(c4cc5c(cc4N(C4=CC6=C(CC4)C(C)(C)c4ccccc46)c4ccccc4)C4(c6ccccc6-5)c5ccccc5-c5cc(-c6ccccc6)c(N(c6ccccc6)c6ccccc6)cc54)CC#CC=C3)C(C1)C2. The lowest BCUT2D eigenvalue weighted by atomic mass is 9.58. The minimum Gasteiger partial charge on any atom is -0.314 e. The van der Waals surface area contributed by atoms with Gasteiger partial charge in [0.25, 0.3) is 0 Å². The molecule has 2 nitrogen and oxygen atoms in total. The quantitative estimate of drug-likeness (QED) is 0.133. The molecule has 0 N–H and O–H groups in total. The minimum absolute atomic E-state index is 0.0428. The van der Waals surface area contributed by atoms with Gasteiger partial charge in [-0.2, -0.15) is 0 Å². The summed E-state index contributed by atoms with van der Waals surface area (Å²) in [6.45, 7) is 9.98. The van der Waals surface area contributed by atoms with Gasteiger partial charge in [0.1, 0.15) is 0 Å². The minimum atomic E-state index is -0.674. The molecule has 408 valence electrons. The molecule has 2 bridgehead atoms.